The van der Waals surface area contributed by atoms with Gasteiger partial charge >= 0.3 is 0 Å². The molecule has 2 heterocycles. The third-order valence-corrected chi connectivity index (χ3v) is 5.23. The van der Waals surface area contributed by atoms with E-state index >= 15 is 0 Å². The Hall–Kier alpha value is -2.12. The number of imidazole rings is 1. The van der Waals surface area contributed by atoms with Crippen molar-refractivity contribution in [1.29, 1.82) is 0 Å². The zero-order chi connectivity index (χ0) is 17.1. The summed E-state index contributed by atoms with van der Waals surface area (Å²) in [7, 11) is 0. The lowest BCUT2D eigenvalue weighted by Crippen LogP contribution is -2.14. The highest BCUT2D eigenvalue weighted by Crippen LogP contribution is 2.24. The van der Waals surface area contributed by atoms with Crippen molar-refractivity contribution in [1.82, 2.24) is 14.5 Å². The second-order valence-electron chi connectivity index (χ2n) is 5.48. The first-order chi connectivity index (χ1) is 11.5. The number of hydrogen-bond donors (Lipinski definition) is 1. The summed E-state index contributed by atoms with van der Waals surface area (Å²) in [5.74, 6) is 0.213. The molecule has 0 unspecified atom stereocenters. The van der Waals surface area contributed by atoms with E-state index in [2.05, 4.69) is 47.3 Å². The number of benzene rings is 1. The summed E-state index contributed by atoms with van der Waals surface area (Å²) in [6.45, 7) is 6.10. The van der Waals surface area contributed by atoms with Crippen molar-refractivity contribution in [2.24, 2.45) is 0 Å². The molecule has 0 saturated heterocycles. The van der Waals surface area contributed by atoms with Crippen molar-refractivity contribution in [2.45, 2.75) is 25.9 Å². The number of thioether (sulfide) groups is 1. The SMILES string of the molecule is Cc1ccc(C)c(-n2ccnc2SCC(=O)Nc2ncc(C)s2)c1. The summed E-state index contributed by atoms with van der Waals surface area (Å²) in [5.41, 5.74) is 3.45. The van der Waals surface area contributed by atoms with Crippen LogP contribution in [-0.2, 0) is 4.79 Å². The fourth-order valence-corrected chi connectivity index (χ4v) is 3.70. The second kappa shape index (κ2) is 7.19. The second-order valence-corrected chi connectivity index (χ2v) is 7.66. The predicted octanol–water partition coefficient (Wildman–Crippen LogP) is 3.98. The molecule has 3 rings (SSSR count). The van der Waals surface area contributed by atoms with E-state index in [0.29, 0.717) is 10.9 Å². The third kappa shape index (κ3) is 3.85. The quantitative estimate of drug-likeness (QED) is 0.701. The Balaban J connectivity index is 1.69. The monoisotopic (exact) mass is 358 g/mol. The molecule has 0 aliphatic rings. The zero-order valence-corrected chi connectivity index (χ0v) is 15.4. The van der Waals surface area contributed by atoms with Crippen LogP contribution >= 0.6 is 23.1 Å². The normalized spacial score (nSPS) is 10.8. The Morgan fingerprint density at radius 1 is 1.29 bits per heavy atom. The average Bonchev–Trinajstić information content (AvgIpc) is 3.16. The van der Waals surface area contributed by atoms with E-state index in [4.69, 9.17) is 0 Å². The zero-order valence-electron chi connectivity index (χ0n) is 13.7. The van der Waals surface area contributed by atoms with Crippen molar-refractivity contribution in [2.75, 3.05) is 11.1 Å². The summed E-state index contributed by atoms with van der Waals surface area (Å²) >= 11 is 2.88. The molecule has 0 spiro atoms. The molecule has 7 heteroatoms. The molecule has 0 bridgehead atoms. The number of aromatic nitrogens is 3. The molecule has 1 amide bonds. The van der Waals surface area contributed by atoms with Crippen LogP contribution in [0.25, 0.3) is 5.69 Å². The van der Waals surface area contributed by atoms with E-state index in [0.717, 1.165) is 15.7 Å². The molecule has 1 N–H and O–H groups in total. The molecule has 24 heavy (non-hydrogen) atoms. The van der Waals surface area contributed by atoms with Gasteiger partial charge in [0, 0.05) is 23.5 Å². The molecule has 0 radical (unpaired) electrons. The average molecular weight is 358 g/mol. The number of hydrogen-bond acceptors (Lipinski definition) is 5. The minimum Gasteiger partial charge on any atom is -0.301 e. The Bertz CT molecular complexity index is 869. The lowest BCUT2D eigenvalue weighted by molar-refractivity contribution is -0.113. The Morgan fingerprint density at radius 2 is 2.12 bits per heavy atom. The van der Waals surface area contributed by atoms with E-state index in [1.165, 1.54) is 34.2 Å². The van der Waals surface area contributed by atoms with Gasteiger partial charge in [-0.3, -0.25) is 9.36 Å². The van der Waals surface area contributed by atoms with Gasteiger partial charge in [-0.05, 0) is 38.0 Å². The van der Waals surface area contributed by atoms with Crippen LogP contribution in [0.3, 0.4) is 0 Å². The molecule has 0 fully saturated rings. The van der Waals surface area contributed by atoms with Gasteiger partial charge < -0.3 is 5.32 Å². The number of aryl methyl sites for hydroxylation is 3. The largest absolute Gasteiger partial charge is 0.301 e. The molecule has 0 aliphatic carbocycles. The summed E-state index contributed by atoms with van der Waals surface area (Å²) in [4.78, 5) is 21.7. The van der Waals surface area contributed by atoms with E-state index in [1.807, 2.05) is 17.7 Å². The number of nitrogens with zero attached hydrogens (tertiary/aromatic N) is 3. The standard InChI is InChI=1S/C17H18N4OS2/c1-11-4-5-12(2)14(8-11)21-7-6-18-17(21)23-10-15(22)20-16-19-9-13(3)24-16/h4-9H,10H2,1-3H3,(H,19,20,22). The topological polar surface area (TPSA) is 59.8 Å². The number of thiazole rings is 1. The van der Waals surface area contributed by atoms with Crippen LogP contribution in [0.15, 0.2) is 41.9 Å². The van der Waals surface area contributed by atoms with E-state index in [-0.39, 0.29) is 5.91 Å². The number of carbonyl (C=O) groups excluding carboxylic acids is 1. The third-order valence-electron chi connectivity index (χ3n) is 3.43. The van der Waals surface area contributed by atoms with Gasteiger partial charge in [-0.15, -0.1) is 11.3 Å². The molecule has 5 nitrogen and oxygen atoms in total. The first-order valence-electron chi connectivity index (χ1n) is 7.49. The van der Waals surface area contributed by atoms with Crippen LogP contribution in [0.2, 0.25) is 0 Å². The molecular weight excluding hydrogens is 340 g/mol. The van der Waals surface area contributed by atoms with E-state index < -0.39 is 0 Å². The fraction of sp³-hybridized carbons (Fsp3) is 0.235. The number of anilines is 1. The van der Waals surface area contributed by atoms with Gasteiger partial charge in [-0.25, -0.2) is 9.97 Å². The van der Waals surface area contributed by atoms with Crippen LogP contribution in [0.5, 0.6) is 0 Å². The van der Waals surface area contributed by atoms with Gasteiger partial charge in [0.1, 0.15) is 0 Å². The molecule has 3 aromatic rings. The van der Waals surface area contributed by atoms with Crippen molar-refractivity contribution in [3.63, 3.8) is 0 Å². The summed E-state index contributed by atoms with van der Waals surface area (Å²) in [6, 6.07) is 6.31. The number of carbonyl (C=O) groups is 1. The summed E-state index contributed by atoms with van der Waals surface area (Å²) in [5, 5.41) is 4.25. The number of rotatable bonds is 5. The molecule has 2 aromatic heterocycles. The fourth-order valence-electron chi connectivity index (χ4n) is 2.26. The van der Waals surface area contributed by atoms with Crippen molar-refractivity contribution in [3.8, 4) is 5.69 Å². The Morgan fingerprint density at radius 3 is 2.88 bits per heavy atom. The maximum absolute atomic E-state index is 12.1. The van der Waals surface area contributed by atoms with Gasteiger partial charge in [0.25, 0.3) is 0 Å². The van der Waals surface area contributed by atoms with Crippen LogP contribution in [-0.4, -0.2) is 26.2 Å². The molecule has 1 aromatic carbocycles. The highest BCUT2D eigenvalue weighted by atomic mass is 32.2. The van der Waals surface area contributed by atoms with Crippen molar-refractivity contribution >= 4 is 34.1 Å². The summed E-state index contributed by atoms with van der Waals surface area (Å²) in [6.07, 6.45) is 5.43. The highest BCUT2D eigenvalue weighted by Gasteiger charge is 2.12. The van der Waals surface area contributed by atoms with Crippen LogP contribution < -0.4 is 5.32 Å². The molecule has 0 saturated carbocycles. The van der Waals surface area contributed by atoms with Crippen molar-refractivity contribution < 1.29 is 4.79 Å². The van der Waals surface area contributed by atoms with E-state index in [1.54, 1.807) is 12.4 Å². The molecular formula is C17H18N4OS2. The van der Waals surface area contributed by atoms with Gasteiger partial charge in [0.2, 0.25) is 5.91 Å². The first-order valence-corrected chi connectivity index (χ1v) is 9.29. The highest BCUT2D eigenvalue weighted by molar-refractivity contribution is 7.99. The van der Waals surface area contributed by atoms with Gasteiger partial charge in [0.15, 0.2) is 10.3 Å². The maximum atomic E-state index is 12.1. The number of amides is 1. The lowest BCUT2D eigenvalue weighted by atomic mass is 10.1. The van der Waals surface area contributed by atoms with Crippen LogP contribution in [0.4, 0.5) is 5.13 Å². The van der Waals surface area contributed by atoms with Crippen LogP contribution in [0, 0.1) is 20.8 Å². The maximum Gasteiger partial charge on any atom is 0.236 e. The lowest BCUT2D eigenvalue weighted by Gasteiger charge is -2.11. The van der Waals surface area contributed by atoms with Crippen LogP contribution in [0.1, 0.15) is 16.0 Å². The molecule has 0 aliphatic heterocycles. The summed E-state index contributed by atoms with van der Waals surface area (Å²) < 4.78 is 2.02. The predicted molar refractivity (Wildman–Crippen MR) is 99.2 cm³/mol. The van der Waals surface area contributed by atoms with Gasteiger partial charge in [0.05, 0.1) is 11.4 Å². The first kappa shape index (κ1) is 16.7. The van der Waals surface area contributed by atoms with Crippen molar-refractivity contribution in [3.05, 3.63) is 52.8 Å². The minimum atomic E-state index is -0.0788. The Kier molecular flexibility index (Phi) is 5.01. The smallest absolute Gasteiger partial charge is 0.236 e. The van der Waals surface area contributed by atoms with Gasteiger partial charge in [-0.2, -0.15) is 0 Å². The van der Waals surface area contributed by atoms with Gasteiger partial charge in [-0.1, -0.05) is 23.9 Å². The Labute approximate surface area is 149 Å². The molecule has 124 valence electrons. The molecule has 0 atom stereocenters. The number of nitrogens with one attached hydrogen (secondary N) is 1. The minimum absolute atomic E-state index is 0.0788. The van der Waals surface area contributed by atoms with E-state index in [9.17, 15) is 4.79 Å².